The van der Waals surface area contributed by atoms with Crippen LogP contribution >= 0.6 is 0 Å². The van der Waals surface area contributed by atoms with E-state index in [1.165, 1.54) is 96.3 Å². The summed E-state index contributed by atoms with van der Waals surface area (Å²) in [4.78, 5) is 12.8. The van der Waals surface area contributed by atoms with Gasteiger partial charge in [0.25, 0.3) is 0 Å². The van der Waals surface area contributed by atoms with Gasteiger partial charge in [0.15, 0.2) is 6.29 Å². The number of aliphatic hydroxyl groups excluding tert-OH is 3. The second-order valence-corrected chi connectivity index (χ2v) is 17.0. The van der Waals surface area contributed by atoms with Gasteiger partial charge in [-0.05, 0) is 64.2 Å². The molecular weight excluding hydrogens is 777 g/mol. The van der Waals surface area contributed by atoms with Gasteiger partial charge in [-0.3, -0.25) is 9.35 Å². The first-order chi connectivity index (χ1) is 28.6. The fourth-order valence-corrected chi connectivity index (χ4v) is 7.45. The van der Waals surface area contributed by atoms with Gasteiger partial charge in [-0.1, -0.05) is 153 Å². The Balaban J connectivity index is 2.38. The van der Waals surface area contributed by atoms with E-state index in [1.807, 2.05) is 0 Å². The molecule has 4 N–H and O–H groups in total. The standard InChI is InChI=1S/C46H84O12S/c1-3-5-7-9-11-13-15-16-17-18-19-20-21-22-23-24-25-27-29-31-33-35-42(48)56-40(38-54-36-34-32-30-28-26-14-12-10-8-6-4-2)39-55-46-44(50)45(58-59(51,52)53)43(49)41(37-47)57-46/h8,10,15-16,18-19,40-41,43-47,49-50H,3-7,9,11-14,17,20-39H2,1-2H3,(H,51,52,53)/b10-8-,16-15-,19-18-. The smallest absolute Gasteiger partial charge is 0.397 e. The summed E-state index contributed by atoms with van der Waals surface area (Å²) in [5, 5.41) is 30.6. The van der Waals surface area contributed by atoms with Gasteiger partial charge in [-0.15, -0.1) is 0 Å². The number of esters is 1. The van der Waals surface area contributed by atoms with Gasteiger partial charge in [0.2, 0.25) is 0 Å². The number of carbonyl (C=O) groups excluding carboxylic acids is 1. The molecule has 1 saturated heterocycles. The summed E-state index contributed by atoms with van der Waals surface area (Å²) < 4.78 is 59.0. The van der Waals surface area contributed by atoms with Gasteiger partial charge in [-0.2, -0.15) is 8.42 Å². The zero-order valence-corrected chi connectivity index (χ0v) is 37.6. The highest BCUT2D eigenvalue weighted by Crippen LogP contribution is 2.26. The highest BCUT2D eigenvalue weighted by atomic mass is 32.3. The molecule has 1 fully saturated rings. The monoisotopic (exact) mass is 861 g/mol. The highest BCUT2D eigenvalue weighted by Gasteiger charge is 2.48. The lowest BCUT2D eigenvalue weighted by molar-refractivity contribution is -0.301. The normalized spacial score (nSPS) is 20.7. The molecule has 0 radical (unpaired) electrons. The van der Waals surface area contributed by atoms with Crippen LogP contribution in [0.5, 0.6) is 0 Å². The topological polar surface area (TPSA) is 178 Å². The molecule has 0 aromatic rings. The highest BCUT2D eigenvalue weighted by molar-refractivity contribution is 7.80. The number of carbonyl (C=O) groups is 1. The molecule has 1 aliphatic heterocycles. The average molecular weight is 861 g/mol. The molecule has 6 atom stereocenters. The Hall–Kier alpha value is -1.68. The van der Waals surface area contributed by atoms with E-state index >= 15 is 0 Å². The van der Waals surface area contributed by atoms with E-state index in [0.29, 0.717) is 13.0 Å². The van der Waals surface area contributed by atoms with Gasteiger partial charge in [-0.25, -0.2) is 4.18 Å². The Labute approximate surface area is 358 Å². The maximum atomic E-state index is 12.8. The molecule has 0 spiro atoms. The summed E-state index contributed by atoms with van der Waals surface area (Å²) in [6.07, 6.45) is 34.7. The minimum Gasteiger partial charge on any atom is -0.457 e. The van der Waals surface area contributed by atoms with E-state index in [1.54, 1.807) is 0 Å². The molecule has 12 nitrogen and oxygen atoms in total. The zero-order chi connectivity index (χ0) is 43.2. The van der Waals surface area contributed by atoms with Crippen molar-refractivity contribution in [1.82, 2.24) is 0 Å². The van der Waals surface area contributed by atoms with Crippen LogP contribution in [0.25, 0.3) is 0 Å². The van der Waals surface area contributed by atoms with Crippen LogP contribution in [0.15, 0.2) is 36.5 Å². The van der Waals surface area contributed by atoms with Crippen molar-refractivity contribution in [2.45, 2.75) is 224 Å². The van der Waals surface area contributed by atoms with Crippen LogP contribution in [-0.2, 0) is 38.3 Å². The second kappa shape index (κ2) is 38.0. The molecule has 1 heterocycles. The number of hydrogen-bond acceptors (Lipinski definition) is 11. The van der Waals surface area contributed by atoms with Gasteiger partial charge in [0, 0.05) is 13.0 Å². The Morgan fingerprint density at radius 1 is 0.644 bits per heavy atom. The van der Waals surface area contributed by atoms with Crippen molar-refractivity contribution in [3.05, 3.63) is 36.5 Å². The van der Waals surface area contributed by atoms with E-state index in [9.17, 15) is 28.5 Å². The predicted molar refractivity (Wildman–Crippen MR) is 234 cm³/mol. The molecular formula is C46H84O12S. The first-order valence-electron chi connectivity index (χ1n) is 23.2. The van der Waals surface area contributed by atoms with Gasteiger partial charge in [0.1, 0.15) is 30.5 Å². The van der Waals surface area contributed by atoms with E-state index in [0.717, 1.165) is 64.2 Å². The van der Waals surface area contributed by atoms with Crippen molar-refractivity contribution >= 4 is 16.4 Å². The van der Waals surface area contributed by atoms with Crippen LogP contribution in [0.3, 0.4) is 0 Å². The minimum atomic E-state index is -5.06. The SMILES string of the molecule is CCC/C=C\CCCCCCCCOCC(COC1OC(CO)C(O)C(OS(=O)(=O)O)C1O)OC(=O)CCCCCCCCCCC/C=C\C/C=C\CCCCCCC. The Morgan fingerprint density at radius 3 is 1.69 bits per heavy atom. The fourth-order valence-electron chi connectivity index (χ4n) is 6.94. The lowest BCUT2D eigenvalue weighted by Crippen LogP contribution is -2.60. The third kappa shape index (κ3) is 31.8. The summed E-state index contributed by atoms with van der Waals surface area (Å²) in [5.74, 6) is -0.407. The molecule has 1 rings (SSSR count). The molecule has 59 heavy (non-hydrogen) atoms. The van der Waals surface area contributed by atoms with Crippen molar-refractivity contribution in [2.75, 3.05) is 26.4 Å². The van der Waals surface area contributed by atoms with Crippen LogP contribution in [0, 0.1) is 0 Å². The third-order valence-corrected chi connectivity index (χ3v) is 10.9. The van der Waals surface area contributed by atoms with Crippen LogP contribution in [0.4, 0.5) is 0 Å². The Kier molecular flexibility index (Phi) is 35.7. The summed E-state index contributed by atoms with van der Waals surface area (Å²) in [6, 6.07) is 0. The summed E-state index contributed by atoms with van der Waals surface area (Å²) in [6.45, 7) is 3.90. The maximum absolute atomic E-state index is 12.8. The van der Waals surface area contributed by atoms with Gasteiger partial charge >= 0.3 is 16.4 Å². The van der Waals surface area contributed by atoms with Crippen molar-refractivity contribution in [1.29, 1.82) is 0 Å². The van der Waals surface area contributed by atoms with Crippen LogP contribution < -0.4 is 0 Å². The molecule has 6 unspecified atom stereocenters. The van der Waals surface area contributed by atoms with Crippen LogP contribution in [-0.4, -0.2) is 97.5 Å². The average Bonchev–Trinajstić information content (AvgIpc) is 3.20. The van der Waals surface area contributed by atoms with Gasteiger partial charge < -0.3 is 34.3 Å². The van der Waals surface area contributed by atoms with Crippen molar-refractivity contribution in [2.24, 2.45) is 0 Å². The summed E-state index contributed by atoms with van der Waals surface area (Å²) >= 11 is 0. The molecule has 0 aliphatic carbocycles. The molecule has 1 aliphatic rings. The first kappa shape index (κ1) is 55.3. The second-order valence-electron chi connectivity index (χ2n) is 16.0. The Morgan fingerprint density at radius 2 is 1.15 bits per heavy atom. The molecule has 346 valence electrons. The molecule has 0 amide bonds. The largest absolute Gasteiger partial charge is 0.457 e. The van der Waals surface area contributed by atoms with E-state index in [2.05, 4.69) is 54.5 Å². The Bertz CT molecular complexity index is 1180. The predicted octanol–water partition coefficient (Wildman–Crippen LogP) is 9.80. The first-order valence-corrected chi connectivity index (χ1v) is 24.6. The number of hydrogen-bond donors (Lipinski definition) is 4. The molecule has 13 heteroatoms. The lowest BCUT2D eigenvalue weighted by Gasteiger charge is -2.41. The van der Waals surface area contributed by atoms with E-state index < -0.39 is 59.8 Å². The quantitative estimate of drug-likeness (QED) is 0.0199. The van der Waals surface area contributed by atoms with Gasteiger partial charge in [0.05, 0.1) is 19.8 Å². The lowest BCUT2D eigenvalue weighted by atomic mass is 9.99. The fraction of sp³-hybridized carbons (Fsp3) is 0.848. The van der Waals surface area contributed by atoms with Crippen molar-refractivity contribution < 1.29 is 56.2 Å². The van der Waals surface area contributed by atoms with Crippen LogP contribution in [0.1, 0.15) is 187 Å². The molecule has 0 bridgehead atoms. The van der Waals surface area contributed by atoms with Crippen LogP contribution in [0.2, 0.25) is 0 Å². The summed E-state index contributed by atoms with van der Waals surface area (Å²) in [5.41, 5.74) is 0. The number of ether oxygens (including phenoxy) is 4. The minimum absolute atomic E-state index is 0.0303. The maximum Gasteiger partial charge on any atom is 0.397 e. The summed E-state index contributed by atoms with van der Waals surface area (Å²) in [7, 11) is -5.06. The molecule has 0 aromatic carbocycles. The van der Waals surface area contributed by atoms with E-state index in [4.69, 9.17) is 23.5 Å². The van der Waals surface area contributed by atoms with Crippen molar-refractivity contribution in [3.63, 3.8) is 0 Å². The number of allylic oxidation sites excluding steroid dienone is 6. The number of aliphatic hydroxyl groups is 3. The number of rotatable bonds is 40. The number of unbranched alkanes of at least 4 members (excludes halogenated alkanes) is 21. The molecule has 0 saturated carbocycles. The third-order valence-electron chi connectivity index (χ3n) is 10.5. The zero-order valence-electron chi connectivity index (χ0n) is 36.8. The van der Waals surface area contributed by atoms with E-state index in [-0.39, 0.29) is 19.6 Å². The molecule has 0 aromatic heterocycles. The van der Waals surface area contributed by atoms with Crippen molar-refractivity contribution in [3.8, 4) is 0 Å².